The van der Waals surface area contributed by atoms with Crippen LogP contribution in [-0.4, -0.2) is 40.8 Å². The highest BCUT2D eigenvalue weighted by Crippen LogP contribution is 2.40. The summed E-state index contributed by atoms with van der Waals surface area (Å²) in [4.78, 5) is 34.2. The lowest BCUT2D eigenvalue weighted by molar-refractivity contribution is -0.140. The third-order valence-corrected chi connectivity index (χ3v) is 6.98. The first-order valence-electron chi connectivity index (χ1n) is 13.0. The second-order valence-electron chi connectivity index (χ2n) is 10.1. The summed E-state index contributed by atoms with van der Waals surface area (Å²) in [5.74, 6) is -0.958. The Morgan fingerprint density at radius 3 is 2.27 bits per heavy atom. The van der Waals surface area contributed by atoms with Gasteiger partial charge < -0.3 is 19.6 Å². The van der Waals surface area contributed by atoms with Crippen molar-refractivity contribution in [1.29, 1.82) is 0 Å². The minimum absolute atomic E-state index is 0.0603. The predicted molar refractivity (Wildman–Crippen MR) is 155 cm³/mol. The fourth-order valence-electron chi connectivity index (χ4n) is 4.86. The molecule has 1 atom stereocenters. The molecule has 1 N–H and O–H groups in total. The highest BCUT2D eigenvalue weighted by molar-refractivity contribution is 6.46. The summed E-state index contributed by atoms with van der Waals surface area (Å²) in [5, 5.41) is 11.4. The fraction of sp³-hybridized carbons (Fsp3) is 0.182. The van der Waals surface area contributed by atoms with E-state index in [9.17, 15) is 14.7 Å². The molecule has 202 valence electrons. The number of hydrogen-bond acceptors (Lipinski definition) is 6. The van der Waals surface area contributed by atoms with Crippen LogP contribution in [0.25, 0.3) is 5.76 Å². The molecular formula is C33H31N3O4. The first kappa shape index (κ1) is 26.7. The Labute approximate surface area is 234 Å². The van der Waals surface area contributed by atoms with E-state index in [4.69, 9.17) is 4.74 Å². The summed E-state index contributed by atoms with van der Waals surface area (Å²) in [7, 11) is 3.89. The molecule has 1 amide bonds. The van der Waals surface area contributed by atoms with Crippen LogP contribution in [0.1, 0.15) is 33.9 Å². The Kier molecular flexibility index (Phi) is 7.64. The van der Waals surface area contributed by atoms with Crippen molar-refractivity contribution >= 4 is 23.1 Å². The Balaban J connectivity index is 1.48. The molecule has 1 fully saturated rings. The number of benzene rings is 3. The van der Waals surface area contributed by atoms with Gasteiger partial charge in [0.05, 0.1) is 11.6 Å². The zero-order valence-corrected chi connectivity index (χ0v) is 22.7. The molecule has 0 unspecified atom stereocenters. The molecule has 7 nitrogen and oxygen atoms in total. The molecule has 3 aromatic carbocycles. The van der Waals surface area contributed by atoms with Gasteiger partial charge >= 0.3 is 0 Å². The van der Waals surface area contributed by atoms with Gasteiger partial charge in [0.15, 0.2) is 0 Å². The molecule has 0 radical (unpaired) electrons. The number of amides is 1. The molecule has 1 aromatic heterocycles. The van der Waals surface area contributed by atoms with E-state index >= 15 is 0 Å². The molecule has 4 aromatic rings. The lowest BCUT2D eigenvalue weighted by Gasteiger charge is -2.26. The van der Waals surface area contributed by atoms with E-state index in [0.29, 0.717) is 17.9 Å². The summed E-state index contributed by atoms with van der Waals surface area (Å²) in [5.41, 5.74) is 5.26. The number of aliphatic hydroxyl groups excluding tert-OH is 1. The van der Waals surface area contributed by atoms with Crippen LogP contribution in [0.3, 0.4) is 0 Å². The summed E-state index contributed by atoms with van der Waals surface area (Å²) >= 11 is 0. The largest absolute Gasteiger partial charge is 0.507 e. The number of carbonyl (C=O) groups excluding carboxylic acids is 2. The number of ether oxygens (including phenoxy) is 1. The highest BCUT2D eigenvalue weighted by atomic mass is 16.5. The minimum Gasteiger partial charge on any atom is -0.507 e. The molecule has 1 saturated heterocycles. The molecule has 40 heavy (non-hydrogen) atoms. The molecule has 0 aliphatic carbocycles. The van der Waals surface area contributed by atoms with Crippen molar-refractivity contribution in [3.05, 3.63) is 131 Å². The van der Waals surface area contributed by atoms with Gasteiger partial charge in [-0.2, -0.15) is 0 Å². The SMILES string of the molecule is Cc1cccc(COc2ccc(C(O)=C3C(=O)C(=O)N(Cc4ccncc4)[C@@H]3c3ccc(N(C)C)cc3)cc2)c1. The molecular weight excluding hydrogens is 502 g/mol. The molecule has 0 bridgehead atoms. The summed E-state index contributed by atoms with van der Waals surface area (Å²) in [6.45, 7) is 2.65. The van der Waals surface area contributed by atoms with Crippen molar-refractivity contribution in [3.8, 4) is 5.75 Å². The van der Waals surface area contributed by atoms with Crippen molar-refractivity contribution < 1.29 is 19.4 Å². The summed E-state index contributed by atoms with van der Waals surface area (Å²) in [6.07, 6.45) is 3.30. The maximum Gasteiger partial charge on any atom is 0.295 e. The average molecular weight is 534 g/mol. The topological polar surface area (TPSA) is 83.0 Å². The van der Waals surface area contributed by atoms with Crippen LogP contribution >= 0.6 is 0 Å². The van der Waals surface area contributed by atoms with Crippen molar-refractivity contribution in [2.24, 2.45) is 0 Å². The number of aromatic nitrogens is 1. The van der Waals surface area contributed by atoms with Crippen LogP contribution in [0.5, 0.6) is 5.75 Å². The molecule has 1 aliphatic rings. The maximum atomic E-state index is 13.4. The predicted octanol–water partition coefficient (Wildman–Crippen LogP) is 5.66. The summed E-state index contributed by atoms with van der Waals surface area (Å²) < 4.78 is 5.91. The van der Waals surface area contributed by atoms with Crippen LogP contribution in [0, 0.1) is 6.92 Å². The molecule has 2 heterocycles. The molecule has 5 rings (SSSR count). The van der Waals surface area contributed by atoms with Gasteiger partial charge in [-0.3, -0.25) is 14.6 Å². The van der Waals surface area contributed by atoms with Gasteiger partial charge in [-0.05, 0) is 72.1 Å². The number of pyridine rings is 1. The zero-order valence-electron chi connectivity index (χ0n) is 22.7. The van der Waals surface area contributed by atoms with Crippen LogP contribution in [0.4, 0.5) is 5.69 Å². The second kappa shape index (κ2) is 11.5. The molecule has 0 spiro atoms. The van der Waals surface area contributed by atoms with Crippen molar-refractivity contribution in [1.82, 2.24) is 9.88 Å². The quantitative estimate of drug-likeness (QED) is 0.179. The van der Waals surface area contributed by atoms with Crippen molar-refractivity contribution in [2.75, 3.05) is 19.0 Å². The number of rotatable bonds is 8. The van der Waals surface area contributed by atoms with E-state index in [2.05, 4.69) is 11.1 Å². The zero-order chi connectivity index (χ0) is 28.2. The van der Waals surface area contributed by atoms with Crippen LogP contribution in [0.2, 0.25) is 0 Å². The normalized spacial score (nSPS) is 16.3. The molecule has 7 heteroatoms. The van der Waals surface area contributed by atoms with Gasteiger partial charge in [0.2, 0.25) is 0 Å². The van der Waals surface area contributed by atoms with E-state index in [-0.39, 0.29) is 17.9 Å². The van der Waals surface area contributed by atoms with Gasteiger partial charge in [0.1, 0.15) is 18.1 Å². The van der Waals surface area contributed by atoms with Gasteiger partial charge in [-0.15, -0.1) is 0 Å². The van der Waals surface area contributed by atoms with Crippen LogP contribution in [0.15, 0.2) is 103 Å². The van der Waals surface area contributed by atoms with Gasteiger partial charge in [0, 0.05) is 44.3 Å². The van der Waals surface area contributed by atoms with Crippen LogP contribution < -0.4 is 9.64 Å². The average Bonchev–Trinajstić information content (AvgIpc) is 3.21. The van der Waals surface area contributed by atoms with Crippen molar-refractivity contribution in [2.45, 2.75) is 26.1 Å². The van der Waals surface area contributed by atoms with Gasteiger partial charge in [0.25, 0.3) is 11.7 Å². The number of Topliss-reactive ketones (excluding diaryl/α,β-unsaturated/α-hetero) is 1. The molecule has 0 saturated carbocycles. The van der Waals surface area contributed by atoms with Gasteiger partial charge in [-0.1, -0.05) is 42.0 Å². The molecule has 1 aliphatic heterocycles. The van der Waals surface area contributed by atoms with E-state index in [1.54, 1.807) is 48.8 Å². The van der Waals surface area contributed by atoms with E-state index in [1.165, 1.54) is 4.90 Å². The van der Waals surface area contributed by atoms with E-state index in [1.807, 2.05) is 68.4 Å². The fourth-order valence-corrected chi connectivity index (χ4v) is 4.86. The van der Waals surface area contributed by atoms with E-state index < -0.39 is 17.7 Å². The van der Waals surface area contributed by atoms with Gasteiger partial charge in [-0.25, -0.2) is 0 Å². The number of likely N-dealkylation sites (tertiary alicyclic amines) is 1. The lowest BCUT2D eigenvalue weighted by Crippen LogP contribution is -2.29. The standard InChI is InChI=1S/C33H31N3O4/c1-22-5-4-6-24(19-22)21-40-28-13-9-26(10-14-28)31(37)29-30(25-7-11-27(12-8-25)35(2)3)36(33(39)32(29)38)20-23-15-17-34-18-16-23/h4-19,30,37H,20-21H2,1-3H3/t30-/m1/s1. The number of anilines is 1. The smallest absolute Gasteiger partial charge is 0.295 e. The second-order valence-corrected chi connectivity index (χ2v) is 10.1. The Morgan fingerprint density at radius 1 is 0.925 bits per heavy atom. The first-order valence-corrected chi connectivity index (χ1v) is 13.0. The number of hydrogen-bond donors (Lipinski definition) is 1. The number of nitrogens with zero attached hydrogens (tertiary/aromatic N) is 3. The lowest BCUT2D eigenvalue weighted by atomic mass is 9.95. The monoisotopic (exact) mass is 533 g/mol. The maximum absolute atomic E-state index is 13.4. The minimum atomic E-state index is -0.748. The third kappa shape index (κ3) is 5.59. The van der Waals surface area contributed by atoms with E-state index in [0.717, 1.165) is 27.9 Å². The Hall–Kier alpha value is -4.91. The number of aliphatic hydroxyl groups is 1. The Bertz CT molecular complexity index is 1550. The summed E-state index contributed by atoms with van der Waals surface area (Å²) in [6, 6.07) is 25.5. The van der Waals surface area contributed by atoms with Crippen molar-refractivity contribution in [3.63, 3.8) is 0 Å². The first-order chi connectivity index (χ1) is 19.3. The highest BCUT2D eigenvalue weighted by Gasteiger charge is 2.46. The number of ketones is 1. The third-order valence-electron chi connectivity index (χ3n) is 6.98. The Morgan fingerprint density at radius 2 is 1.62 bits per heavy atom. The number of aryl methyl sites for hydroxylation is 1. The van der Waals surface area contributed by atoms with Crippen LogP contribution in [-0.2, 0) is 22.7 Å². The number of carbonyl (C=O) groups is 2.